The van der Waals surface area contributed by atoms with E-state index in [1.165, 1.54) is 17.4 Å². The molecule has 1 aliphatic rings. The van der Waals surface area contributed by atoms with Gasteiger partial charge in [0.15, 0.2) is 5.13 Å². The van der Waals surface area contributed by atoms with Crippen molar-refractivity contribution in [2.24, 2.45) is 0 Å². The molecule has 6 nitrogen and oxygen atoms in total. The topological polar surface area (TPSA) is 79.4 Å². The first kappa shape index (κ1) is 17.3. The number of anilines is 1. The number of amides is 3. The van der Waals surface area contributed by atoms with Crippen LogP contribution in [0.25, 0.3) is 10.2 Å². The first-order chi connectivity index (χ1) is 13.0. The zero-order valence-electron chi connectivity index (χ0n) is 14.1. The molecule has 2 heterocycles. The Morgan fingerprint density at radius 2 is 1.78 bits per heavy atom. The molecule has 136 valence electrons. The van der Waals surface area contributed by atoms with E-state index in [0.717, 1.165) is 4.90 Å². The van der Waals surface area contributed by atoms with Gasteiger partial charge in [-0.3, -0.25) is 19.3 Å². The summed E-state index contributed by atoms with van der Waals surface area (Å²) in [6, 6.07) is 11.3. The highest BCUT2D eigenvalue weighted by atomic mass is 32.1. The molecule has 2 aromatic carbocycles. The molecule has 1 N–H and O–H groups in total. The van der Waals surface area contributed by atoms with E-state index in [-0.39, 0.29) is 36.2 Å². The summed E-state index contributed by atoms with van der Waals surface area (Å²) in [6.07, 6.45) is 0.447. The van der Waals surface area contributed by atoms with Crippen molar-refractivity contribution in [3.8, 4) is 0 Å². The fourth-order valence-corrected chi connectivity index (χ4v) is 3.89. The third-order valence-corrected chi connectivity index (χ3v) is 5.22. The number of hydrogen-bond donors (Lipinski definition) is 1. The number of benzene rings is 2. The Kier molecular flexibility index (Phi) is 4.41. The van der Waals surface area contributed by atoms with Crippen LogP contribution in [0.4, 0.5) is 9.52 Å². The molecule has 3 aromatic rings. The molecular weight excluding hydrogens is 369 g/mol. The van der Waals surface area contributed by atoms with Gasteiger partial charge in [0.2, 0.25) is 5.91 Å². The monoisotopic (exact) mass is 383 g/mol. The second kappa shape index (κ2) is 6.88. The van der Waals surface area contributed by atoms with Crippen LogP contribution in [0.5, 0.6) is 0 Å². The number of thiazole rings is 1. The Bertz CT molecular complexity index is 1040. The number of nitrogens with one attached hydrogen (secondary N) is 1. The highest BCUT2D eigenvalue weighted by molar-refractivity contribution is 7.22. The van der Waals surface area contributed by atoms with Crippen LogP contribution in [0, 0.1) is 5.82 Å². The molecule has 0 saturated heterocycles. The average Bonchev–Trinajstić information content (AvgIpc) is 3.17. The average molecular weight is 383 g/mol. The van der Waals surface area contributed by atoms with Gasteiger partial charge in [-0.2, -0.15) is 0 Å². The molecule has 0 unspecified atom stereocenters. The Balaban J connectivity index is 1.34. The molecule has 0 saturated carbocycles. The van der Waals surface area contributed by atoms with E-state index in [2.05, 4.69) is 10.3 Å². The largest absolute Gasteiger partial charge is 0.302 e. The van der Waals surface area contributed by atoms with Gasteiger partial charge in [0.1, 0.15) is 11.3 Å². The van der Waals surface area contributed by atoms with Crippen LogP contribution in [0.1, 0.15) is 33.6 Å². The lowest BCUT2D eigenvalue weighted by molar-refractivity contribution is -0.116. The Morgan fingerprint density at radius 3 is 2.44 bits per heavy atom. The SMILES string of the molecule is O=C(CCCN1C(=O)c2ccccc2C1=O)Nc1nc2c(F)cccc2s1. The highest BCUT2D eigenvalue weighted by Gasteiger charge is 2.34. The first-order valence-corrected chi connectivity index (χ1v) is 9.16. The van der Waals surface area contributed by atoms with Crippen LogP contribution in [-0.4, -0.2) is 34.2 Å². The van der Waals surface area contributed by atoms with Gasteiger partial charge in [0, 0.05) is 13.0 Å². The molecule has 1 aromatic heterocycles. The van der Waals surface area contributed by atoms with E-state index in [4.69, 9.17) is 0 Å². The normalized spacial score (nSPS) is 13.3. The van der Waals surface area contributed by atoms with E-state index in [1.54, 1.807) is 36.4 Å². The van der Waals surface area contributed by atoms with E-state index < -0.39 is 5.82 Å². The van der Waals surface area contributed by atoms with Crippen molar-refractivity contribution in [1.29, 1.82) is 0 Å². The van der Waals surface area contributed by atoms with Crippen molar-refractivity contribution in [2.45, 2.75) is 12.8 Å². The molecule has 8 heteroatoms. The summed E-state index contributed by atoms with van der Waals surface area (Å²) in [5.74, 6) is -1.41. The molecule has 0 spiro atoms. The van der Waals surface area contributed by atoms with Crippen LogP contribution >= 0.6 is 11.3 Å². The smallest absolute Gasteiger partial charge is 0.261 e. The summed E-state index contributed by atoms with van der Waals surface area (Å²) in [5.41, 5.74) is 1.01. The van der Waals surface area contributed by atoms with Crippen LogP contribution in [-0.2, 0) is 4.79 Å². The minimum absolute atomic E-state index is 0.117. The number of carbonyl (C=O) groups excluding carboxylic acids is 3. The lowest BCUT2D eigenvalue weighted by Crippen LogP contribution is -2.31. The van der Waals surface area contributed by atoms with Crippen molar-refractivity contribution in [3.63, 3.8) is 0 Å². The third kappa shape index (κ3) is 3.19. The minimum Gasteiger partial charge on any atom is -0.302 e. The Labute approximate surface area is 157 Å². The maximum Gasteiger partial charge on any atom is 0.261 e. The predicted molar refractivity (Wildman–Crippen MR) is 99.3 cm³/mol. The number of halogens is 1. The predicted octanol–water partition coefficient (Wildman–Crippen LogP) is 3.45. The zero-order chi connectivity index (χ0) is 19.0. The Hall–Kier alpha value is -3.13. The second-order valence-corrected chi connectivity index (χ2v) is 7.10. The standard InChI is InChI=1S/C19H14FN3O3S/c20-13-7-3-8-14-16(13)22-19(27-14)21-15(24)9-4-10-23-17(25)11-5-1-2-6-12(11)18(23)26/h1-3,5-8H,4,9-10H2,(H,21,22,24). The number of fused-ring (bicyclic) bond motifs is 2. The minimum atomic E-state index is -0.435. The number of hydrogen-bond acceptors (Lipinski definition) is 5. The summed E-state index contributed by atoms with van der Waals surface area (Å²) in [5, 5.41) is 2.96. The summed E-state index contributed by atoms with van der Waals surface area (Å²) >= 11 is 1.19. The zero-order valence-corrected chi connectivity index (χ0v) is 14.9. The summed E-state index contributed by atoms with van der Waals surface area (Å²) < 4.78 is 14.3. The lowest BCUT2D eigenvalue weighted by Gasteiger charge is -2.13. The van der Waals surface area contributed by atoms with E-state index in [1.807, 2.05) is 0 Å². The van der Waals surface area contributed by atoms with Gasteiger partial charge in [0.25, 0.3) is 11.8 Å². The molecule has 3 amide bonds. The number of carbonyl (C=O) groups is 3. The van der Waals surface area contributed by atoms with Crippen LogP contribution in [0.15, 0.2) is 42.5 Å². The second-order valence-electron chi connectivity index (χ2n) is 6.06. The fourth-order valence-electron chi connectivity index (χ4n) is 2.99. The van der Waals surface area contributed by atoms with E-state index in [9.17, 15) is 18.8 Å². The Morgan fingerprint density at radius 1 is 1.07 bits per heavy atom. The molecule has 1 aliphatic heterocycles. The number of imide groups is 1. The fraction of sp³-hybridized carbons (Fsp3) is 0.158. The van der Waals surface area contributed by atoms with E-state index in [0.29, 0.717) is 27.4 Å². The van der Waals surface area contributed by atoms with Crippen LogP contribution in [0.3, 0.4) is 0 Å². The van der Waals surface area contributed by atoms with E-state index >= 15 is 0 Å². The quantitative estimate of drug-likeness (QED) is 0.685. The summed E-state index contributed by atoms with van der Waals surface area (Å²) in [4.78, 5) is 41.9. The van der Waals surface area contributed by atoms with Gasteiger partial charge >= 0.3 is 0 Å². The lowest BCUT2D eigenvalue weighted by atomic mass is 10.1. The van der Waals surface area contributed by atoms with Gasteiger partial charge in [-0.15, -0.1) is 0 Å². The molecule has 0 fully saturated rings. The number of para-hydroxylation sites is 1. The highest BCUT2D eigenvalue weighted by Crippen LogP contribution is 2.27. The molecule has 4 rings (SSSR count). The molecular formula is C19H14FN3O3S. The summed E-state index contributed by atoms with van der Waals surface area (Å²) in [7, 11) is 0. The van der Waals surface area contributed by atoms with Gasteiger partial charge in [-0.05, 0) is 30.7 Å². The van der Waals surface area contributed by atoms with Crippen molar-refractivity contribution in [2.75, 3.05) is 11.9 Å². The van der Waals surface area contributed by atoms with Gasteiger partial charge in [-0.25, -0.2) is 9.37 Å². The molecule has 0 radical (unpaired) electrons. The first-order valence-electron chi connectivity index (χ1n) is 8.35. The van der Waals surface area contributed by atoms with Gasteiger partial charge < -0.3 is 5.32 Å². The molecule has 0 bridgehead atoms. The number of nitrogens with zero attached hydrogens (tertiary/aromatic N) is 2. The maximum absolute atomic E-state index is 13.7. The number of rotatable bonds is 5. The summed E-state index contributed by atoms with van der Waals surface area (Å²) in [6.45, 7) is 0.161. The van der Waals surface area contributed by atoms with Crippen molar-refractivity contribution in [1.82, 2.24) is 9.88 Å². The van der Waals surface area contributed by atoms with Crippen molar-refractivity contribution >= 4 is 44.4 Å². The van der Waals surface area contributed by atoms with Crippen molar-refractivity contribution in [3.05, 3.63) is 59.4 Å². The third-order valence-electron chi connectivity index (χ3n) is 4.28. The van der Waals surface area contributed by atoms with Crippen LogP contribution < -0.4 is 5.32 Å². The van der Waals surface area contributed by atoms with Gasteiger partial charge in [-0.1, -0.05) is 29.5 Å². The van der Waals surface area contributed by atoms with Crippen molar-refractivity contribution < 1.29 is 18.8 Å². The molecule has 27 heavy (non-hydrogen) atoms. The maximum atomic E-state index is 13.7. The number of aromatic nitrogens is 1. The molecule has 0 aliphatic carbocycles. The molecule has 0 atom stereocenters. The van der Waals surface area contributed by atoms with Gasteiger partial charge in [0.05, 0.1) is 15.8 Å². The van der Waals surface area contributed by atoms with Crippen LogP contribution in [0.2, 0.25) is 0 Å².